The summed E-state index contributed by atoms with van der Waals surface area (Å²) in [4.78, 5) is 0. The van der Waals surface area contributed by atoms with Crippen LogP contribution in [0.4, 0.5) is 0 Å². The van der Waals surface area contributed by atoms with Gasteiger partial charge in [-0.15, -0.1) is 0 Å². The molecule has 74 valence electrons. The summed E-state index contributed by atoms with van der Waals surface area (Å²) in [6, 6.07) is 0. The summed E-state index contributed by atoms with van der Waals surface area (Å²) < 4.78 is 5.07. The molecule has 0 spiro atoms. The summed E-state index contributed by atoms with van der Waals surface area (Å²) in [5.41, 5.74) is 2.29. The Balaban J connectivity index is 2.64. The second-order valence-corrected chi connectivity index (χ2v) is 4.41. The Hall–Kier alpha value is -0.830. The van der Waals surface area contributed by atoms with E-state index in [4.69, 9.17) is 4.52 Å². The molecule has 3 heteroatoms. The SMILES string of the molecule is Cc1noc(C)c1CNC(C)(C)C. The van der Waals surface area contributed by atoms with Gasteiger partial charge in [0.05, 0.1) is 5.69 Å². The Morgan fingerprint density at radius 1 is 1.31 bits per heavy atom. The van der Waals surface area contributed by atoms with Crippen molar-refractivity contribution >= 4 is 0 Å². The van der Waals surface area contributed by atoms with E-state index in [1.165, 1.54) is 5.56 Å². The largest absolute Gasteiger partial charge is 0.361 e. The molecule has 0 amide bonds. The van der Waals surface area contributed by atoms with Gasteiger partial charge in [-0.3, -0.25) is 0 Å². The minimum Gasteiger partial charge on any atom is -0.361 e. The van der Waals surface area contributed by atoms with E-state index in [2.05, 4.69) is 31.2 Å². The van der Waals surface area contributed by atoms with Crippen molar-refractivity contribution in [3.05, 3.63) is 17.0 Å². The number of hydrogen-bond acceptors (Lipinski definition) is 3. The third-order valence-electron chi connectivity index (χ3n) is 1.98. The molecule has 1 N–H and O–H groups in total. The molecule has 0 bridgehead atoms. The Bertz CT molecular complexity index is 264. The predicted octanol–water partition coefficient (Wildman–Crippen LogP) is 2.18. The Morgan fingerprint density at radius 3 is 2.31 bits per heavy atom. The standard InChI is InChI=1S/C10H18N2O/c1-7-9(8(2)13-12-7)6-11-10(3,4)5/h11H,6H2,1-5H3. The third kappa shape index (κ3) is 2.84. The summed E-state index contributed by atoms with van der Waals surface area (Å²) in [6.07, 6.45) is 0. The molecule has 0 radical (unpaired) electrons. The van der Waals surface area contributed by atoms with Crippen LogP contribution in [0.15, 0.2) is 4.52 Å². The van der Waals surface area contributed by atoms with E-state index in [1.54, 1.807) is 0 Å². The molecule has 3 nitrogen and oxygen atoms in total. The highest BCUT2D eigenvalue weighted by Crippen LogP contribution is 2.13. The van der Waals surface area contributed by atoms with Crippen LogP contribution in [-0.2, 0) is 6.54 Å². The number of nitrogens with one attached hydrogen (secondary N) is 1. The van der Waals surface area contributed by atoms with Crippen LogP contribution in [0.5, 0.6) is 0 Å². The van der Waals surface area contributed by atoms with E-state index < -0.39 is 0 Å². The quantitative estimate of drug-likeness (QED) is 0.761. The van der Waals surface area contributed by atoms with Gasteiger partial charge in [-0.05, 0) is 34.6 Å². The monoisotopic (exact) mass is 182 g/mol. The van der Waals surface area contributed by atoms with E-state index >= 15 is 0 Å². The first-order valence-electron chi connectivity index (χ1n) is 4.57. The highest BCUT2D eigenvalue weighted by atomic mass is 16.5. The lowest BCUT2D eigenvalue weighted by atomic mass is 10.1. The zero-order valence-electron chi connectivity index (χ0n) is 9.06. The van der Waals surface area contributed by atoms with E-state index in [0.29, 0.717) is 0 Å². The molecule has 1 aromatic rings. The van der Waals surface area contributed by atoms with Crippen LogP contribution in [0, 0.1) is 13.8 Å². The summed E-state index contributed by atoms with van der Waals surface area (Å²) in [5.74, 6) is 0.911. The number of aryl methyl sites for hydroxylation is 2. The summed E-state index contributed by atoms with van der Waals surface area (Å²) in [7, 11) is 0. The molecule has 1 heterocycles. The molecule has 0 aromatic carbocycles. The molecule has 1 rings (SSSR count). The highest BCUT2D eigenvalue weighted by Gasteiger charge is 2.13. The van der Waals surface area contributed by atoms with Crippen LogP contribution in [0.3, 0.4) is 0 Å². The van der Waals surface area contributed by atoms with Gasteiger partial charge in [-0.25, -0.2) is 0 Å². The Morgan fingerprint density at radius 2 is 1.92 bits per heavy atom. The van der Waals surface area contributed by atoms with Crippen molar-refractivity contribution in [2.24, 2.45) is 0 Å². The van der Waals surface area contributed by atoms with E-state index in [9.17, 15) is 0 Å². The van der Waals surface area contributed by atoms with E-state index in [1.807, 2.05) is 13.8 Å². The maximum absolute atomic E-state index is 5.07. The minimum atomic E-state index is 0.135. The Kier molecular flexibility index (Phi) is 2.76. The number of rotatable bonds is 2. The molecule has 0 aliphatic carbocycles. The van der Waals surface area contributed by atoms with Crippen LogP contribution >= 0.6 is 0 Å². The van der Waals surface area contributed by atoms with Gasteiger partial charge in [0.2, 0.25) is 0 Å². The smallest absolute Gasteiger partial charge is 0.138 e. The van der Waals surface area contributed by atoms with Gasteiger partial charge < -0.3 is 9.84 Å². The van der Waals surface area contributed by atoms with Crippen molar-refractivity contribution in [2.45, 2.75) is 46.7 Å². The second-order valence-electron chi connectivity index (χ2n) is 4.41. The van der Waals surface area contributed by atoms with Gasteiger partial charge >= 0.3 is 0 Å². The fourth-order valence-electron chi connectivity index (χ4n) is 1.11. The molecule has 0 saturated carbocycles. The van der Waals surface area contributed by atoms with Crippen molar-refractivity contribution in [1.29, 1.82) is 0 Å². The maximum atomic E-state index is 5.07. The molecule has 13 heavy (non-hydrogen) atoms. The van der Waals surface area contributed by atoms with Crippen LogP contribution in [-0.4, -0.2) is 10.7 Å². The second kappa shape index (κ2) is 3.50. The zero-order chi connectivity index (χ0) is 10.1. The van der Waals surface area contributed by atoms with Crippen LogP contribution in [0.25, 0.3) is 0 Å². The van der Waals surface area contributed by atoms with Crippen molar-refractivity contribution < 1.29 is 4.52 Å². The lowest BCUT2D eigenvalue weighted by Crippen LogP contribution is -2.35. The summed E-state index contributed by atoms with van der Waals surface area (Å²) >= 11 is 0. The first-order chi connectivity index (χ1) is 5.90. The number of hydrogen-bond donors (Lipinski definition) is 1. The average molecular weight is 182 g/mol. The topological polar surface area (TPSA) is 38.1 Å². The molecular weight excluding hydrogens is 164 g/mol. The maximum Gasteiger partial charge on any atom is 0.138 e. The first-order valence-corrected chi connectivity index (χ1v) is 4.57. The molecule has 0 atom stereocenters. The fourth-order valence-corrected chi connectivity index (χ4v) is 1.11. The zero-order valence-corrected chi connectivity index (χ0v) is 9.06. The van der Waals surface area contributed by atoms with Gasteiger partial charge in [0.1, 0.15) is 5.76 Å². The molecular formula is C10H18N2O. The van der Waals surface area contributed by atoms with E-state index in [0.717, 1.165) is 18.0 Å². The molecule has 0 aliphatic heterocycles. The van der Waals surface area contributed by atoms with Gasteiger partial charge in [-0.2, -0.15) is 0 Å². The normalized spacial score (nSPS) is 12.1. The average Bonchev–Trinajstić information content (AvgIpc) is 2.27. The molecule has 1 aromatic heterocycles. The Labute approximate surface area is 79.5 Å². The van der Waals surface area contributed by atoms with Crippen molar-refractivity contribution in [2.75, 3.05) is 0 Å². The van der Waals surface area contributed by atoms with Crippen molar-refractivity contribution in [3.63, 3.8) is 0 Å². The van der Waals surface area contributed by atoms with Gasteiger partial charge in [0.15, 0.2) is 0 Å². The van der Waals surface area contributed by atoms with Crippen LogP contribution in [0.1, 0.15) is 37.8 Å². The molecule has 0 saturated heterocycles. The molecule has 0 fully saturated rings. The molecule has 0 aliphatic rings. The van der Waals surface area contributed by atoms with Crippen LogP contribution in [0.2, 0.25) is 0 Å². The van der Waals surface area contributed by atoms with Crippen LogP contribution < -0.4 is 5.32 Å². The number of aromatic nitrogens is 1. The van der Waals surface area contributed by atoms with Crippen molar-refractivity contribution in [3.8, 4) is 0 Å². The summed E-state index contributed by atoms with van der Waals surface area (Å²) in [5, 5.41) is 7.31. The van der Waals surface area contributed by atoms with Gasteiger partial charge in [-0.1, -0.05) is 5.16 Å². The van der Waals surface area contributed by atoms with Gasteiger partial charge in [0.25, 0.3) is 0 Å². The highest BCUT2D eigenvalue weighted by molar-refractivity contribution is 5.20. The van der Waals surface area contributed by atoms with E-state index in [-0.39, 0.29) is 5.54 Å². The lowest BCUT2D eigenvalue weighted by Gasteiger charge is -2.20. The fraction of sp³-hybridized carbons (Fsp3) is 0.700. The lowest BCUT2D eigenvalue weighted by molar-refractivity contribution is 0.388. The van der Waals surface area contributed by atoms with Gasteiger partial charge in [0, 0.05) is 17.6 Å². The first kappa shape index (κ1) is 10.3. The summed E-state index contributed by atoms with van der Waals surface area (Å²) in [6.45, 7) is 11.2. The number of nitrogens with zero attached hydrogens (tertiary/aromatic N) is 1. The minimum absolute atomic E-state index is 0.135. The van der Waals surface area contributed by atoms with Crippen molar-refractivity contribution in [1.82, 2.24) is 10.5 Å². The predicted molar refractivity (Wildman–Crippen MR) is 52.6 cm³/mol. The third-order valence-corrected chi connectivity index (χ3v) is 1.98. The molecule has 0 unspecified atom stereocenters.